The Morgan fingerprint density at radius 3 is 2.39 bits per heavy atom. The van der Waals surface area contributed by atoms with E-state index in [-0.39, 0.29) is 23.7 Å². The summed E-state index contributed by atoms with van der Waals surface area (Å²) < 4.78 is 11.0. The molecule has 0 aromatic heterocycles. The topological polar surface area (TPSA) is 67.9 Å². The molecule has 0 spiro atoms. The lowest BCUT2D eigenvalue weighted by molar-refractivity contribution is -0.125. The van der Waals surface area contributed by atoms with Gasteiger partial charge >= 0.3 is 0 Å². The van der Waals surface area contributed by atoms with Crippen molar-refractivity contribution in [2.24, 2.45) is 11.8 Å². The predicted molar refractivity (Wildman–Crippen MR) is 121 cm³/mol. The predicted octanol–water partition coefficient (Wildman–Crippen LogP) is 3.64. The number of hydrogen-bond acceptors (Lipinski definition) is 4. The Labute approximate surface area is 184 Å². The van der Waals surface area contributed by atoms with Crippen LogP contribution < -0.4 is 14.8 Å². The van der Waals surface area contributed by atoms with Gasteiger partial charge in [0.1, 0.15) is 11.5 Å². The van der Waals surface area contributed by atoms with Crippen LogP contribution in [-0.2, 0) is 4.79 Å². The quantitative estimate of drug-likeness (QED) is 0.737. The Bertz CT molecular complexity index is 924. The first-order chi connectivity index (χ1) is 14.8. The average molecular weight is 425 g/mol. The van der Waals surface area contributed by atoms with E-state index in [1.165, 1.54) is 0 Å². The largest absolute Gasteiger partial charge is 0.497 e. The summed E-state index contributed by atoms with van der Waals surface area (Å²) in [7, 11) is 3.23. The van der Waals surface area contributed by atoms with Crippen molar-refractivity contribution in [2.75, 3.05) is 33.9 Å². The number of aryl methyl sites for hydroxylation is 1. The van der Waals surface area contributed by atoms with Crippen molar-refractivity contribution in [2.45, 2.75) is 26.7 Å². The van der Waals surface area contributed by atoms with E-state index in [1.807, 2.05) is 49.4 Å². The maximum Gasteiger partial charge on any atom is 0.253 e. The van der Waals surface area contributed by atoms with Crippen LogP contribution in [0.25, 0.3) is 0 Å². The molecule has 1 fully saturated rings. The Morgan fingerprint density at radius 1 is 1.06 bits per heavy atom. The molecule has 0 radical (unpaired) electrons. The Hall–Kier alpha value is -3.02. The van der Waals surface area contributed by atoms with Crippen LogP contribution in [-0.4, -0.2) is 50.6 Å². The molecular weight excluding hydrogens is 392 g/mol. The number of nitrogens with zero attached hydrogens (tertiary/aromatic N) is 1. The summed E-state index contributed by atoms with van der Waals surface area (Å²) >= 11 is 0. The zero-order valence-electron chi connectivity index (χ0n) is 19.0. The molecule has 2 aromatic carbocycles. The minimum Gasteiger partial charge on any atom is -0.497 e. The van der Waals surface area contributed by atoms with E-state index >= 15 is 0 Å². The lowest BCUT2D eigenvalue weighted by Crippen LogP contribution is -2.37. The molecule has 2 amide bonds. The fourth-order valence-corrected chi connectivity index (χ4v) is 3.99. The monoisotopic (exact) mass is 424 g/mol. The number of benzene rings is 2. The van der Waals surface area contributed by atoms with Gasteiger partial charge in [-0.25, -0.2) is 0 Å². The number of likely N-dealkylation sites (tertiary alicyclic amines) is 1. The molecule has 3 rings (SSSR count). The van der Waals surface area contributed by atoms with E-state index in [9.17, 15) is 9.59 Å². The van der Waals surface area contributed by atoms with E-state index in [2.05, 4.69) is 19.2 Å². The average Bonchev–Trinajstić information content (AvgIpc) is 3.22. The van der Waals surface area contributed by atoms with Crippen LogP contribution in [0.3, 0.4) is 0 Å². The van der Waals surface area contributed by atoms with Gasteiger partial charge in [0.2, 0.25) is 5.91 Å². The van der Waals surface area contributed by atoms with Crippen LogP contribution in [0, 0.1) is 18.8 Å². The van der Waals surface area contributed by atoms with Gasteiger partial charge in [0.15, 0.2) is 0 Å². The number of amides is 2. The van der Waals surface area contributed by atoms with Gasteiger partial charge < -0.3 is 19.7 Å². The number of ether oxygens (including phenoxy) is 2. The SMILES string of the molecule is COc1ccc(OC)c([C@@H]2CN(C(=O)c3ccc(C)cc3)C[C@H]2C(=O)NCC(C)C)c1. The van der Waals surface area contributed by atoms with E-state index in [0.717, 1.165) is 11.1 Å². The lowest BCUT2D eigenvalue weighted by atomic mass is 9.87. The summed E-state index contributed by atoms with van der Waals surface area (Å²) in [6.45, 7) is 7.51. The number of carbonyl (C=O) groups excluding carboxylic acids is 2. The zero-order chi connectivity index (χ0) is 22.5. The molecule has 6 nitrogen and oxygen atoms in total. The second kappa shape index (κ2) is 9.86. The molecule has 1 aliphatic rings. The van der Waals surface area contributed by atoms with Crippen LogP contribution in [0.15, 0.2) is 42.5 Å². The van der Waals surface area contributed by atoms with Crippen molar-refractivity contribution in [3.05, 3.63) is 59.2 Å². The molecule has 166 valence electrons. The highest BCUT2D eigenvalue weighted by Crippen LogP contribution is 2.40. The van der Waals surface area contributed by atoms with Crippen molar-refractivity contribution < 1.29 is 19.1 Å². The summed E-state index contributed by atoms with van der Waals surface area (Å²) in [6.07, 6.45) is 0. The Balaban J connectivity index is 1.93. The van der Waals surface area contributed by atoms with Crippen LogP contribution in [0.2, 0.25) is 0 Å². The summed E-state index contributed by atoms with van der Waals surface area (Å²) in [5, 5.41) is 3.05. The highest BCUT2D eigenvalue weighted by Gasteiger charge is 2.41. The number of methoxy groups -OCH3 is 2. The van der Waals surface area contributed by atoms with Gasteiger partial charge in [-0.1, -0.05) is 31.5 Å². The van der Waals surface area contributed by atoms with Crippen LogP contribution >= 0.6 is 0 Å². The normalized spacial score (nSPS) is 18.2. The fraction of sp³-hybridized carbons (Fsp3) is 0.440. The van der Waals surface area contributed by atoms with E-state index < -0.39 is 0 Å². The van der Waals surface area contributed by atoms with Gasteiger partial charge in [-0.05, 0) is 43.2 Å². The second-order valence-corrected chi connectivity index (χ2v) is 8.54. The maximum absolute atomic E-state index is 13.2. The third kappa shape index (κ3) is 5.19. The summed E-state index contributed by atoms with van der Waals surface area (Å²) in [6, 6.07) is 13.1. The van der Waals surface area contributed by atoms with Gasteiger partial charge in [0.05, 0.1) is 20.1 Å². The third-order valence-corrected chi connectivity index (χ3v) is 5.76. The van der Waals surface area contributed by atoms with Crippen molar-refractivity contribution in [1.82, 2.24) is 10.2 Å². The molecule has 1 aliphatic heterocycles. The molecule has 0 bridgehead atoms. The van der Waals surface area contributed by atoms with Crippen molar-refractivity contribution in [3.8, 4) is 11.5 Å². The first-order valence-corrected chi connectivity index (χ1v) is 10.7. The molecule has 1 N–H and O–H groups in total. The first-order valence-electron chi connectivity index (χ1n) is 10.7. The number of rotatable bonds is 7. The molecule has 0 unspecified atom stereocenters. The first kappa shape index (κ1) is 22.7. The minimum atomic E-state index is -0.367. The second-order valence-electron chi connectivity index (χ2n) is 8.54. The summed E-state index contributed by atoms with van der Waals surface area (Å²) in [5.74, 6) is 1.08. The van der Waals surface area contributed by atoms with E-state index in [4.69, 9.17) is 9.47 Å². The van der Waals surface area contributed by atoms with E-state index in [1.54, 1.807) is 19.1 Å². The summed E-state index contributed by atoms with van der Waals surface area (Å²) in [5.41, 5.74) is 2.61. The van der Waals surface area contributed by atoms with Crippen molar-refractivity contribution >= 4 is 11.8 Å². The Kier molecular flexibility index (Phi) is 7.21. The van der Waals surface area contributed by atoms with Gasteiger partial charge in [0, 0.05) is 36.7 Å². The van der Waals surface area contributed by atoms with Crippen LogP contribution in [0.4, 0.5) is 0 Å². The molecule has 0 saturated carbocycles. The van der Waals surface area contributed by atoms with Crippen LogP contribution in [0.5, 0.6) is 11.5 Å². The van der Waals surface area contributed by atoms with Crippen molar-refractivity contribution in [1.29, 1.82) is 0 Å². The highest BCUT2D eigenvalue weighted by molar-refractivity contribution is 5.95. The summed E-state index contributed by atoms with van der Waals surface area (Å²) in [4.78, 5) is 28.1. The maximum atomic E-state index is 13.2. The molecule has 2 aromatic rings. The van der Waals surface area contributed by atoms with Gasteiger partial charge in [-0.3, -0.25) is 9.59 Å². The van der Waals surface area contributed by atoms with Crippen LogP contribution in [0.1, 0.15) is 41.3 Å². The molecule has 0 aliphatic carbocycles. The number of carbonyl (C=O) groups is 2. The molecule has 2 atom stereocenters. The fourth-order valence-electron chi connectivity index (χ4n) is 3.99. The molecule has 1 heterocycles. The standard InChI is InChI=1S/C25H32N2O4/c1-16(2)13-26-24(28)22-15-27(25(29)18-8-6-17(3)7-9-18)14-21(22)20-12-19(30-4)10-11-23(20)31-5/h6-12,16,21-22H,13-15H2,1-5H3,(H,26,28)/t21-,22+/m0/s1. The highest BCUT2D eigenvalue weighted by atomic mass is 16.5. The smallest absolute Gasteiger partial charge is 0.253 e. The Morgan fingerprint density at radius 2 is 1.77 bits per heavy atom. The van der Waals surface area contributed by atoms with Gasteiger partial charge in [-0.2, -0.15) is 0 Å². The lowest BCUT2D eigenvalue weighted by Gasteiger charge is -2.21. The molecule has 31 heavy (non-hydrogen) atoms. The third-order valence-electron chi connectivity index (χ3n) is 5.76. The molecular formula is C25H32N2O4. The number of nitrogens with one attached hydrogen (secondary N) is 1. The minimum absolute atomic E-state index is 0.0391. The molecule has 6 heteroatoms. The zero-order valence-corrected chi connectivity index (χ0v) is 19.0. The van der Waals surface area contributed by atoms with Gasteiger partial charge in [0.25, 0.3) is 5.91 Å². The number of hydrogen-bond donors (Lipinski definition) is 1. The molecule has 1 saturated heterocycles. The van der Waals surface area contributed by atoms with E-state index in [0.29, 0.717) is 42.6 Å². The van der Waals surface area contributed by atoms with Gasteiger partial charge in [-0.15, -0.1) is 0 Å². The van der Waals surface area contributed by atoms with Crippen molar-refractivity contribution in [3.63, 3.8) is 0 Å².